The molecule has 0 spiro atoms. The van der Waals surface area contributed by atoms with E-state index in [-0.39, 0.29) is 11.8 Å². The van der Waals surface area contributed by atoms with Crippen LogP contribution in [0.3, 0.4) is 0 Å². The molecule has 0 bridgehead atoms. The largest absolute Gasteiger partial charge is 0.356 e. The summed E-state index contributed by atoms with van der Waals surface area (Å²) in [4.78, 5) is 19.9. The Labute approximate surface area is 204 Å². The van der Waals surface area contributed by atoms with E-state index in [4.69, 9.17) is 21.7 Å². The molecular formula is C27H28ClN5O. The Morgan fingerprint density at radius 2 is 1.74 bits per heavy atom. The van der Waals surface area contributed by atoms with Gasteiger partial charge in [-0.05, 0) is 51.3 Å². The quantitative estimate of drug-likeness (QED) is 0.405. The number of halogens is 1. The molecule has 0 unspecified atom stereocenters. The van der Waals surface area contributed by atoms with Crippen LogP contribution in [0.5, 0.6) is 0 Å². The van der Waals surface area contributed by atoms with Crippen LogP contribution in [0.2, 0.25) is 5.02 Å². The first-order chi connectivity index (χ1) is 16.4. The van der Waals surface area contributed by atoms with Crippen LogP contribution in [0.4, 0.5) is 11.5 Å². The van der Waals surface area contributed by atoms with Crippen molar-refractivity contribution >= 4 is 34.7 Å². The van der Waals surface area contributed by atoms with E-state index >= 15 is 0 Å². The van der Waals surface area contributed by atoms with E-state index in [2.05, 4.69) is 47.5 Å². The number of nitrogens with one attached hydrogen (secondary N) is 1. The van der Waals surface area contributed by atoms with Gasteiger partial charge in [-0.1, -0.05) is 47.5 Å². The number of fused-ring (bicyclic) bond motifs is 1. The van der Waals surface area contributed by atoms with Gasteiger partial charge in [0, 0.05) is 53.1 Å². The summed E-state index contributed by atoms with van der Waals surface area (Å²) in [6.45, 7) is 7.63. The lowest BCUT2D eigenvalue weighted by Crippen LogP contribution is -2.39. The first kappa shape index (κ1) is 22.4. The van der Waals surface area contributed by atoms with Gasteiger partial charge in [0.25, 0.3) is 0 Å². The fourth-order valence-electron chi connectivity index (χ4n) is 4.51. The number of hydrogen-bond acceptors (Lipinski definition) is 4. The average Bonchev–Trinajstić information content (AvgIpc) is 3.25. The van der Waals surface area contributed by atoms with Crippen molar-refractivity contribution in [1.29, 1.82) is 0 Å². The fourth-order valence-corrected chi connectivity index (χ4v) is 4.68. The summed E-state index contributed by atoms with van der Waals surface area (Å²) in [5.41, 5.74) is 6.78. The second kappa shape index (κ2) is 9.11. The van der Waals surface area contributed by atoms with Crippen LogP contribution < -0.4 is 10.2 Å². The number of piperidine rings is 1. The smallest absolute Gasteiger partial charge is 0.227 e. The van der Waals surface area contributed by atoms with Gasteiger partial charge in [-0.2, -0.15) is 9.61 Å². The van der Waals surface area contributed by atoms with E-state index in [1.54, 1.807) is 0 Å². The van der Waals surface area contributed by atoms with Crippen molar-refractivity contribution in [3.63, 3.8) is 0 Å². The van der Waals surface area contributed by atoms with E-state index in [9.17, 15) is 4.79 Å². The van der Waals surface area contributed by atoms with Gasteiger partial charge in [-0.25, -0.2) is 4.98 Å². The number of benzene rings is 2. The summed E-state index contributed by atoms with van der Waals surface area (Å²) in [5, 5.41) is 8.57. The van der Waals surface area contributed by atoms with Crippen molar-refractivity contribution in [1.82, 2.24) is 14.6 Å². The molecule has 1 aliphatic rings. The highest BCUT2D eigenvalue weighted by Crippen LogP contribution is 2.28. The molecule has 1 N–H and O–H groups in total. The van der Waals surface area contributed by atoms with Crippen molar-refractivity contribution in [2.45, 2.75) is 33.6 Å². The molecule has 5 rings (SSSR count). The molecular weight excluding hydrogens is 446 g/mol. The number of anilines is 2. The summed E-state index contributed by atoms with van der Waals surface area (Å²) < 4.78 is 1.93. The maximum atomic E-state index is 12.9. The molecule has 7 heteroatoms. The summed E-state index contributed by atoms with van der Waals surface area (Å²) >= 11 is 6.11. The Morgan fingerprint density at radius 3 is 2.47 bits per heavy atom. The Bertz CT molecular complexity index is 1350. The van der Waals surface area contributed by atoms with E-state index in [0.29, 0.717) is 5.02 Å². The Hall–Kier alpha value is -3.38. The number of aryl methyl sites for hydroxylation is 3. The average molecular weight is 474 g/mol. The minimum Gasteiger partial charge on any atom is -0.356 e. The zero-order chi connectivity index (χ0) is 23.8. The standard InChI is InChI=1S/C27H28ClN5O/c1-17-4-7-20(8-5-17)24-16-25-29-19(3)14-26(33(25)31-24)32-12-10-21(11-13-32)27(34)30-23-15-22(28)9-6-18(23)2/h4-9,14-16,21H,10-13H2,1-3H3,(H,30,34). The summed E-state index contributed by atoms with van der Waals surface area (Å²) in [5.74, 6) is 1.04. The van der Waals surface area contributed by atoms with Crippen LogP contribution in [0, 0.1) is 26.7 Å². The minimum absolute atomic E-state index is 0.0335. The predicted molar refractivity (Wildman–Crippen MR) is 138 cm³/mol. The molecule has 1 fully saturated rings. The lowest BCUT2D eigenvalue weighted by atomic mass is 9.95. The SMILES string of the molecule is Cc1ccc(-c2cc3nc(C)cc(N4CCC(C(=O)Nc5cc(Cl)ccc5C)CC4)n3n2)cc1. The molecule has 2 aromatic carbocycles. The lowest BCUT2D eigenvalue weighted by Gasteiger charge is -2.33. The number of aromatic nitrogens is 3. The molecule has 1 amide bonds. The first-order valence-electron chi connectivity index (χ1n) is 11.6. The summed E-state index contributed by atoms with van der Waals surface area (Å²) in [6.07, 6.45) is 1.56. The topological polar surface area (TPSA) is 62.5 Å². The molecule has 3 heterocycles. The van der Waals surface area contributed by atoms with Gasteiger partial charge >= 0.3 is 0 Å². The Kier molecular flexibility index (Phi) is 6.00. The highest BCUT2D eigenvalue weighted by Gasteiger charge is 2.27. The normalized spacial score (nSPS) is 14.5. The number of carbonyl (C=O) groups is 1. The second-order valence-electron chi connectivity index (χ2n) is 9.13. The van der Waals surface area contributed by atoms with E-state index in [1.807, 2.05) is 42.6 Å². The third-order valence-corrected chi connectivity index (χ3v) is 6.77. The molecule has 1 aliphatic heterocycles. The van der Waals surface area contributed by atoms with Gasteiger partial charge in [-0.15, -0.1) is 0 Å². The van der Waals surface area contributed by atoms with E-state index < -0.39 is 0 Å². The van der Waals surface area contributed by atoms with Crippen molar-refractivity contribution < 1.29 is 4.79 Å². The van der Waals surface area contributed by atoms with E-state index in [1.165, 1.54) is 5.56 Å². The molecule has 0 atom stereocenters. The van der Waals surface area contributed by atoms with Crippen molar-refractivity contribution in [3.8, 4) is 11.3 Å². The molecule has 0 radical (unpaired) electrons. The molecule has 6 nitrogen and oxygen atoms in total. The summed E-state index contributed by atoms with van der Waals surface area (Å²) in [6, 6.07) is 18.1. The molecule has 0 saturated carbocycles. The van der Waals surface area contributed by atoms with Crippen LogP contribution in [-0.2, 0) is 4.79 Å². The summed E-state index contributed by atoms with van der Waals surface area (Å²) in [7, 11) is 0. The lowest BCUT2D eigenvalue weighted by molar-refractivity contribution is -0.120. The number of hydrogen-bond donors (Lipinski definition) is 1. The predicted octanol–water partition coefficient (Wildman–Crippen LogP) is 5.83. The molecule has 4 aromatic rings. The maximum absolute atomic E-state index is 12.9. The van der Waals surface area contributed by atoms with Crippen molar-refractivity contribution in [2.24, 2.45) is 5.92 Å². The molecule has 0 aliphatic carbocycles. The Morgan fingerprint density at radius 1 is 1.00 bits per heavy atom. The first-order valence-corrected chi connectivity index (χ1v) is 12.0. The van der Waals surface area contributed by atoms with Gasteiger partial charge < -0.3 is 10.2 Å². The Balaban J connectivity index is 1.33. The van der Waals surface area contributed by atoms with E-state index in [0.717, 1.165) is 65.6 Å². The molecule has 174 valence electrons. The van der Waals surface area contributed by atoms with Gasteiger partial charge in [0.15, 0.2) is 5.65 Å². The third kappa shape index (κ3) is 4.50. The highest BCUT2D eigenvalue weighted by atomic mass is 35.5. The van der Waals surface area contributed by atoms with Gasteiger partial charge in [0.05, 0.1) is 5.69 Å². The van der Waals surface area contributed by atoms with Crippen LogP contribution >= 0.6 is 11.6 Å². The number of nitrogens with zero attached hydrogens (tertiary/aromatic N) is 4. The van der Waals surface area contributed by atoms with Crippen LogP contribution in [0.25, 0.3) is 16.9 Å². The van der Waals surface area contributed by atoms with Gasteiger partial charge in [-0.3, -0.25) is 4.79 Å². The van der Waals surface area contributed by atoms with Gasteiger partial charge in [0.2, 0.25) is 5.91 Å². The zero-order valence-corrected chi connectivity index (χ0v) is 20.4. The molecule has 34 heavy (non-hydrogen) atoms. The van der Waals surface area contributed by atoms with Crippen molar-refractivity contribution in [3.05, 3.63) is 76.4 Å². The van der Waals surface area contributed by atoms with Gasteiger partial charge in [0.1, 0.15) is 5.82 Å². The number of carbonyl (C=O) groups excluding carboxylic acids is 1. The van der Waals surface area contributed by atoms with Crippen LogP contribution in [0.15, 0.2) is 54.6 Å². The molecule has 1 saturated heterocycles. The van der Waals surface area contributed by atoms with Crippen LogP contribution in [-0.4, -0.2) is 33.6 Å². The fraction of sp³-hybridized carbons (Fsp3) is 0.296. The second-order valence-corrected chi connectivity index (χ2v) is 9.57. The minimum atomic E-state index is -0.0335. The number of rotatable bonds is 4. The third-order valence-electron chi connectivity index (χ3n) is 6.53. The maximum Gasteiger partial charge on any atom is 0.227 e. The zero-order valence-electron chi connectivity index (χ0n) is 19.7. The number of amides is 1. The van der Waals surface area contributed by atoms with Crippen LogP contribution in [0.1, 0.15) is 29.7 Å². The van der Waals surface area contributed by atoms with Crippen molar-refractivity contribution in [2.75, 3.05) is 23.3 Å². The molecule has 2 aromatic heterocycles. The monoisotopic (exact) mass is 473 g/mol. The highest BCUT2D eigenvalue weighted by molar-refractivity contribution is 6.31.